The fourth-order valence-electron chi connectivity index (χ4n) is 1.53. The Kier molecular flexibility index (Phi) is 5.13. The van der Waals surface area contributed by atoms with Crippen LogP contribution in [-0.2, 0) is 20.5 Å². The van der Waals surface area contributed by atoms with E-state index in [4.69, 9.17) is 6.13 Å². The number of esters is 2. The van der Waals surface area contributed by atoms with Gasteiger partial charge in [-0.2, -0.15) is 0 Å². The van der Waals surface area contributed by atoms with Crippen molar-refractivity contribution in [1.82, 2.24) is 0 Å². The average Bonchev–Trinajstić information content (AvgIpc) is 2.57. The minimum absolute atomic E-state index is 0.224. The van der Waals surface area contributed by atoms with E-state index in [1.54, 1.807) is 14.2 Å². The van der Waals surface area contributed by atoms with Crippen LogP contribution in [0.15, 0.2) is 0 Å². The van der Waals surface area contributed by atoms with E-state index in [0.717, 1.165) is 10.8 Å². The average molecular weight is 345 g/mol. The molecule has 0 spiro atoms. The maximum atomic E-state index is 11.2. The number of hydrogen-bond acceptors (Lipinski definition) is 5. The molecule has 1 aliphatic heterocycles. The second-order valence-electron chi connectivity index (χ2n) is 3.69. The van der Waals surface area contributed by atoms with Crippen molar-refractivity contribution in [3.8, 4) is 0 Å². The van der Waals surface area contributed by atoms with E-state index in [1.807, 2.05) is 4.93 Å². The third-order valence-electron chi connectivity index (χ3n) is 2.64. The molecule has 1 heterocycles. The fourth-order valence-corrected chi connectivity index (χ4v) is 4.59. The zero-order chi connectivity index (χ0) is 12.2. The van der Waals surface area contributed by atoms with E-state index in [2.05, 4.69) is 4.74 Å². The summed E-state index contributed by atoms with van der Waals surface area (Å²) in [4.78, 5) is 24.1. The monoisotopic (exact) mass is 345 g/mol. The molecule has 0 amide bonds. The van der Waals surface area contributed by atoms with Crippen LogP contribution >= 0.6 is 0 Å². The van der Waals surface area contributed by atoms with Gasteiger partial charge >= 0.3 is 100 Å². The Morgan fingerprint density at radius 2 is 2.00 bits per heavy atom. The summed E-state index contributed by atoms with van der Waals surface area (Å²) in [6.45, 7) is 0. The van der Waals surface area contributed by atoms with Crippen LogP contribution in [0.1, 0.15) is 19.3 Å². The van der Waals surface area contributed by atoms with E-state index in [9.17, 15) is 9.59 Å². The molecular formula is C10H18IO5-. The standard InChI is InChI=1S/C10H18IO5/c1-11(14-2,15-3)6-4-5-8-7-9(12)16-10(8)13/h8H,4-7H2,1-3H3/q-1. The molecule has 0 radical (unpaired) electrons. The first-order chi connectivity index (χ1) is 7.50. The molecule has 1 atom stereocenters. The summed E-state index contributed by atoms with van der Waals surface area (Å²) < 4.78 is 16.1. The molecule has 16 heavy (non-hydrogen) atoms. The molecule has 1 aliphatic rings. The molecule has 1 fully saturated rings. The van der Waals surface area contributed by atoms with Gasteiger partial charge < -0.3 is 0 Å². The molecule has 0 aromatic heterocycles. The number of carbonyl (C=O) groups is 2. The first-order valence-corrected chi connectivity index (χ1v) is 10.5. The van der Waals surface area contributed by atoms with Gasteiger partial charge in [0, 0.05) is 0 Å². The summed E-state index contributed by atoms with van der Waals surface area (Å²) in [5.74, 6) is -1.04. The Hall–Kier alpha value is -0.210. The van der Waals surface area contributed by atoms with Crippen molar-refractivity contribution in [3.63, 3.8) is 0 Å². The molecule has 1 rings (SSSR count). The number of carbonyl (C=O) groups excluding carboxylic acids is 2. The molecule has 5 nitrogen and oxygen atoms in total. The number of ether oxygens (including phenoxy) is 1. The summed E-state index contributed by atoms with van der Waals surface area (Å²) in [6, 6.07) is 0. The van der Waals surface area contributed by atoms with Crippen molar-refractivity contribution >= 4 is 11.9 Å². The van der Waals surface area contributed by atoms with E-state index in [1.165, 1.54) is 0 Å². The van der Waals surface area contributed by atoms with Gasteiger partial charge in [0.05, 0.1) is 0 Å². The molecule has 0 saturated carbocycles. The molecule has 1 unspecified atom stereocenters. The van der Waals surface area contributed by atoms with Gasteiger partial charge in [0.2, 0.25) is 0 Å². The summed E-state index contributed by atoms with van der Waals surface area (Å²) in [5.41, 5.74) is 0. The van der Waals surface area contributed by atoms with Gasteiger partial charge in [-0.1, -0.05) is 0 Å². The van der Waals surface area contributed by atoms with E-state index in [0.29, 0.717) is 6.42 Å². The van der Waals surface area contributed by atoms with Crippen LogP contribution < -0.4 is 19.3 Å². The van der Waals surface area contributed by atoms with Crippen LogP contribution in [0.5, 0.6) is 0 Å². The number of halogens is 1. The van der Waals surface area contributed by atoms with Crippen LogP contribution in [0.25, 0.3) is 0 Å². The maximum absolute atomic E-state index is 11.2. The first kappa shape index (κ1) is 13.9. The molecular weight excluding hydrogens is 327 g/mol. The predicted molar refractivity (Wildman–Crippen MR) is 53.2 cm³/mol. The van der Waals surface area contributed by atoms with Crippen LogP contribution in [0.3, 0.4) is 0 Å². The Morgan fingerprint density at radius 3 is 2.44 bits per heavy atom. The van der Waals surface area contributed by atoms with Gasteiger partial charge in [-0.25, -0.2) is 0 Å². The molecule has 0 aliphatic carbocycles. The van der Waals surface area contributed by atoms with Gasteiger partial charge in [-0.15, -0.1) is 0 Å². The fraction of sp³-hybridized carbons (Fsp3) is 0.800. The van der Waals surface area contributed by atoms with Crippen molar-refractivity contribution in [2.45, 2.75) is 19.3 Å². The van der Waals surface area contributed by atoms with E-state index >= 15 is 0 Å². The summed E-state index contributed by atoms with van der Waals surface area (Å²) in [5, 5.41) is 0. The van der Waals surface area contributed by atoms with Crippen LogP contribution in [-0.4, -0.2) is 35.5 Å². The third-order valence-corrected chi connectivity index (χ3v) is 9.09. The Labute approximate surface area is 100 Å². The summed E-state index contributed by atoms with van der Waals surface area (Å²) in [6.07, 6.45) is 1.74. The van der Waals surface area contributed by atoms with Crippen molar-refractivity contribution in [1.29, 1.82) is 0 Å². The zero-order valence-corrected chi connectivity index (χ0v) is 12.0. The van der Waals surface area contributed by atoms with Crippen molar-refractivity contribution < 1.29 is 39.7 Å². The van der Waals surface area contributed by atoms with Gasteiger partial charge in [0.25, 0.3) is 0 Å². The molecule has 0 aromatic carbocycles. The van der Waals surface area contributed by atoms with Crippen molar-refractivity contribution in [2.75, 3.05) is 23.6 Å². The second kappa shape index (κ2) is 5.92. The van der Waals surface area contributed by atoms with Gasteiger partial charge in [-0.05, 0) is 0 Å². The van der Waals surface area contributed by atoms with Gasteiger partial charge in [0.15, 0.2) is 0 Å². The third kappa shape index (κ3) is 3.67. The second-order valence-corrected chi connectivity index (χ2v) is 11.4. The molecule has 0 bridgehead atoms. The Morgan fingerprint density at radius 1 is 1.38 bits per heavy atom. The molecule has 1 saturated heterocycles. The number of alkyl halides is 2. The Bertz CT molecular complexity index is 274. The molecule has 0 aromatic rings. The number of cyclic esters (lactones) is 2. The molecule has 6 heteroatoms. The normalized spacial score (nSPS) is 22.3. The molecule has 96 valence electrons. The van der Waals surface area contributed by atoms with Gasteiger partial charge in [-0.3, -0.25) is 0 Å². The Balaban J connectivity index is 2.30. The number of rotatable bonds is 6. The molecule has 0 N–H and O–H groups in total. The van der Waals surface area contributed by atoms with E-state index in [-0.39, 0.29) is 18.3 Å². The summed E-state index contributed by atoms with van der Waals surface area (Å²) in [7, 11) is 3.32. The topological polar surface area (TPSA) is 61.8 Å². The first-order valence-electron chi connectivity index (χ1n) is 5.05. The van der Waals surface area contributed by atoms with Crippen LogP contribution in [0, 0.1) is 5.92 Å². The number of hydrogen-bond donors (Lipinski definition) is 0. The van der Waals surface area contributed by atoms with E-state index < -0.39 is 25.2 Å². The SMILES string of the molecule is CO[I-](C)(CCCC1CC(=O)OC1=O)OC. The van der Waals surface area contributed by atoms with Crippen molar-refractivity contribution in [3.05, 3.63) is 0 Å². The van der Waals surface area contributed by atoms with Crippen molar-refractivity contribution in [2.24, 2.45) is 5.92 Å². The summed E-state index contributed by atoms with van der Waals surface area (Å²) >= 11 is -2.47. The predicted octanol–water partition coefficient (Wildman–Crippen LogP) is -2.23. The van der Waals surface area contributed by atoms with Gasteiger partial charge in [0.1, 0.15) is 0 Å². The van der Waals surface area contributed by atoms with Crippen LogP contribution in [0.4, 0.5) is 0 Å². The quantitative estimate of drug-likeness (QED) is 0.236. The zero-order valence-electron chi connectivity index (χ0n) is 9.82. The minimum atomic E-state index is -2.47. The van der Waals surface area contributed by atoms with Crippen LogP contribution in [0.2, 0.25) is 0 Å².